The summed E-state index contributed by atoms with van der Waals surface area (Å²) in [6, 6.07) is 12.7. The van der Waals surface area contributed by atoms with Crippen LogP contribution >= 0.6 is 0 Å². The second kappa shape index (κ2) is 5.85. The number of carbonyl (C=O) groups excluding carboxylic acids is 2. The lowest BCUT2D eigenvalue weighted by molar-refractivity contribution is -0.136. The van der Waals surface area contributed by atoms with E-state index in [1.165, 1.54) is 11.9 Å². The first-order valence-electron chi connectivity index (χ1n) is 9.22. The Kier molecular flexibility index (Phi) is 3.68. The average molecular weight is 410 g/mol. The number of rotatable bonds is 3. The van der Waals surface area contributed by atoms with E-state index in [9.17, 15) is 18.0 Å². The van der Waals surface area contributed by atoms with Crippen LogP contribution in [-0.2, 0) is 19.9 Å². The van der Waals surface area contributed by atoms with Crippen molar-refractivity contribution >= 4 is 22.1 Å². The van der Waals surface area contributed by atoms with Crippen LogP contribution in [0.4, 0.5) is 0 Å². The van der Waals surface area contributed by atoms with E-state index in [4.69, 9.17) is 4.55 Å². The number of benzene rings is 2. The van der Waals surface area contributed by atoms with Crippen LogP contribution in [0.1, 0.15) is 52.6 Å². The molecule has 29 heavy (non-hydrogen) atoms. The largest absolute Gasteiger partial charge is 0.333 e. The predicted molar refractivity (Wildman–Crippen MR) is 104 cm³/mol. The molecule has 2 bridgehead atoms. The molecule has 0 saturated carbocycles. The second-order valence-corrected chi connectivity index (χ2v) is 8.88. The third kappa shape index (κ3) is 2.46. The molecule has 1 heterocycles. The molecule has 148 valence electrons. The number of likely N-dealkylation sites (N-methyl/N-ethyl adjacent to an activating group) is 1. The molecule has 6 rings (SSSR count). The molecule has 0 fully saturated rings. The normalized spacial score (nSPS) is 23.2. The molecule has 2 N–H and O–H groups in total. The minimum Gasteiger partial charge on any atom is -0.278 e. The van der Waals surface area contributed by atoms with Crippen molar-refractivity contribution in [2.45, 2.75) is 24.8 Å². The topological polar surface area (TPSA) is 104 Å². The molecule has 2 aromatic carbocycles. The van der Waals surface area contributed by atoms with Gasteiger partial charge in [0, 0.05) is 36.1 Å². The van der Waals surface area contributed by atoms with E-state index in [-0.39, 0.29) is 23.7 Å². The zero-order chi connectivity index (χ0) is 20.7. The van der Waals surface area contributed by atoms with Crippen molar-refractivity contribution in [1.29, 1.82) is 0 Å². The zero-order valence-electron chi connectivity index (χ0n) is 15.7. The van der Waals surface area contributed by atoms with Gasteiger partial charge in [0.1, 0.15) is 0 Å². The highest BCUT2D eigenvalue weighted by atomic mass is 32.2. The van der Waals surface area contributed by atoms with E-state index >= 15 is 0 Å². The first-order chi connectivity index (χ1) is 13.7. The summed E-state index contributed by atoms with van der Waals surface area (Å²) in [5.74, 6) is -1.23. The molecule has 3 aliphatic carbocycles. The number of nitrogens with one attached hydrogen (secondary N) is 1. The molecule has 8 heteroatoms. The van der Waals surface area contributed by atoms with Gasteiger partial charge < -0.3 is 0 Å². The Bertz CT molecular complexity index is 1250. The number of imide groups is 1. The third-order valence-corrected chi connectivity index (χ3v) is 6.77. The average Bonchev–Trinajstić information content (AvgIpc) is 2.91. The van der Waals surface area contributed by atoms with Gasteiger partial charge in [-0.15, -0.1) is 0 Å². The summed E-state index contributed by atoms with van der Waals surface area (Å²) in [4.78, 5) is 26.9. The lowest BCUT2D eigenvalue weighted by atomic mass is 9.61. The van der Waals surface area contributed by atoms with Crippen molar-refractivity contribution in [3.05, 3.63) is 81.4 Å². The summed E-state index contributed by atoms with van der Waals surface area (Å²) in [7, 11) is -2.85. The maximum Gasteiger partial charge on any atom is 0.333 e. The van der Waals surface area contributed by atoms with Crippen LogP contribution < -0.4 is 4.72 Å². The number of hydrogen-bond acceptors (Lipinski definition) is 4. The fraction of sp³-hybridized carbons (Fsp3) is 0.238. The van der Waals surface area contributed by atoms with Crippen molar-refractivity contribution in [3.63, 3.8) is 0 Å². The molecule has 4 aliphatic rings. The summed E-state index contributed by atoms with van der Waals surface area (Å²) in [5, 5.41) is 0. The molecule has 0 aromatic heterocycles. The molecule has 7 nitrogen and oxygen atoms in total. The zero-order valence-corrected chi connectivity index (χ0v) is 16.5. The lowest BCUT2D eigenvalue weighted by Crippen LogP contribution is -2.30. The van der Waals surface area contributed by atoms with Gasteiger partial charge >= 0.3 is 10.3 Å². The highest BCUT2D eigenvalue weighted by Gasteiger charge is 2.52. The Balaban J connectivity index is 1.71. The number of hydrogen-bond donors (Lipinski definition) is 2. The first-order valence-corrected chi connectivity index (χ1v) is 10.7. The van der Waals surface area contributed by atoms with Gasteiger partial charge in [0.05, 0.1) is 0 Å². The molecule has 3 atom stereocenters. The first kappa shape index (κ1) is 18.2. The van der Waals surface area contributed by atoms with Crippen LogP contribution in [0.25, 0.3) is 0 Å². The summed E-state index contributed by atoms with van der Waals surface area (Å²) in [5.41, 5.74) is 5.59. The quantitative estimate of drug-likeness (QED) is 0.595. The summed E-state index contributed by atoms with van der Waals surface area (Å²) in [6.07, 6.45) is 0. The number of amides is 2. The smallest absolute Gasteiger partial charge is 0.278 e. The van der Waals surface area contributed by atoms with Crippen molar-refractivity contribution in [2.24, 2.45) is 0 Å². The van der Waals surface area contributed by atoms with Crippen LogP contribution in [0.15, 0.2) is 53.6 Å². The van der Waals surface area contributed by atoms with E-state index in [0.717, 1.165) is 22.3 Å². The Morgan fingerprint density at radius 3 is 2.00 bits per heavy atom. The van der Waals surface area contributed by atoms with Crippen molar-refractivity contribution < 1.29 is 22.6 Å². The van der Waals surface area contributed by atoms with E-state index in [1.54, 1.807) is 13.0 Å². The van der Waals surface area contributed by atoms with Gasteiger partial charge in [-0.25, -0.2) is 0 Å². The molecule has 1 unspecified atom stereocenters. The Morgan fingerprint density at radius 1 is 0.931 bits per heavy atom. The standard InChI is InChI=1S/C21H18N2O5S/c1-10(22-29(26,27)28)11-7-8-14-15(9-11)17-13-6-4-3-5-12(13)16(14)18-19(17)21(25)23(2)20(18)24/h3-10,16-17,22H,1-2H3,(H,26,27,28)/t10?,16-,17+/m1/s1. The minimum absolute atomic E-state index is 0.259. The van der Waals surface area contributed by atoms with Gasteiger partial charge in [-0.3, -0.25) is 19.0 Å². The van der Waals surface area contributed by atoms with Gasteiger partial charge in [-0.05, 0) is 34.7 Å². The maximum absolute atomic E-state index is 12.9. The van der Waals surface area contributed by atoms with Gasteiger partial charge in [0.25, 0.3) is 11.8 Å². The van der Waals surface area contributed by atoms with Crippen LogP contribution in [0.2, 0.25) is 0 Å². The summed E-state index contributed by atoms with van der Waals surface area (Å²) >= 11 is 0. The third-order valence-electron chi connectivity index (χ3n) is 6.11. The molecule has 2 amide bonds. The van der Waals surface area contributed by atoms with Crippen molar-refractivity contribution in [3.8, 4) is 0 Å². The second-order valence-electron chi connectivity index (χ2n) is 7.69. The Morgan fingerprint density at radius 2 is 1.45 bits per heavy atom. The van der Waals surface area contributed by atoms with Crippen LogP contribution in [0.3, 0.4) is 0 Å². The van der Waals surface area contributed by atoms with E-state index in [0.29, 0.717) is 16.7 Å². The van der Waals surface area contributed by atoms with Gasteiger partial charge in [0.15, 0.2) is 0 Å². The molecule has 1 aliphatic heterocycles. The van der Waals surface area contributed by atoms with Crippen molar-refractivity contribution in [1.82, 2.24) is 9.62 Å². The number of carbonyl (C=O) groups is 2. The number of nitrogens with zero attached hydrogens (tertiary/aromatic N) is 1. The van der Waals surface area contributed by atoms with Gasteiger partial charge in [-0.1, -0.05) is 42.5 Å². The van der Waals surface area contributed by atoms with Gasteiger partial charge in [0.2, 0.25) is 0 Å². The van der Waals surface area contributed by atoms with E-state index < -0.39 is 16.3 Å². The minimum atomic E-state index is -4.35. The summed E-state index contributed by atoms with van der Waals surface area (Å²) < 4.78 is 33.7. The molecular formula is C21H18N2O5S. The molecular weight excluding hydrogens is 392 g/mol. The molecule has 0 saturated heterocycles. The van der Waals surface area contributed by atoms with E-state index in [1.807, 2.05) is 36.4 Å². The molecule has 0 spiro atoms. The monoisotopic (exact) mass is 410 g/mol. The SMILES string of the molecule is CC(NS(=O)(=O)O)c1ccc2c(c1)[C@H]1C3=C(C(=O)N(C)C3=O)[C@@H]2c2ccccc21. The van der Waals surface area contributed by atoms with E-state index in [2.05, 4.69) is 4.72 Å². The highest BCUT2D eigenvalue weighted by Crippen LogP contribution is 2.58. The fourth-order valence-corrected chi connectivity index (χ4v) is 5.49. The van der Waals surface area contributed by atoms with Crippen LogP contribution in [0, 0.1) is 0 Å². The predicted octanol–water partition coefficient (Wildman–Crippen LogP) is 2.03. The van der Waals surface area contributed by atoms with Crippen LogP contribution in [0.5, 0.6) is 0 Å². The fourth-order valence-electron chi connectivity index (χ4n) is 4.90. The Labute approximate surface area is 167 Å². The van der Waals surface area contributed by atoms with Crippen molar-refractivity contribution in [2.75, 3.05) is 7.05 Å². The summed E-state index contributed by atoms with van der Waals surface area (Å²) in [6.45, 7) is 1.63. The van der Waals surface area contributed by atoms with Gasteiger partial charge in [-0.2, -0.15) is 13.1 Å². The highest BCUT2D eigenvalue weighted by molar-refractivity contribution is 7.83. The molecule has 2 aromatic rings. The van der Waals surface area contributed by atoms with Crippen LogP contribution in [-0.4, -0.2) is 36.7 Å². The maximum atomic E-state index is 12.9. The Hall–Kier alpha value is -2.81. The molecule has 0 radical (unpaired) electrons. The lowest BCUT2D eigenvalue weighted by Gasteiger charge is -2.40.